The van der Waals surface area contributed by atoms with Crippen LogP contribution in [0, 0.1) is 13.8 Å². The maximum Gasteiger partial charge on any atom is 0.573 e. The summed E-state index contributed by atoms with van der Waals surface area (Å²) in [5.74, 6) is -2.59. The van der Waals surface area contributed by atoms with Gasteiger partial charge in [-0.1, -0.05) is 0 Å². The summed E-state index contributed by atoms with van der Waals surface area (Å²) < 4.78 is 50.0. The first-order chi connectivity index (χ1) is 14.0. The Kier molecular flexibility index (Phi) is 7.09. The lowest BCUT2D eigenvalue weighted by atomic mass is 10.1. The zero-order valence-corrected chi connectivity index (χ0v) is 16.3. The van der Waals surface area contributed by atoms with Crippen LogP contribution < -0.4 is 10.1 Å². The van der Waals surface area contributed by atoms with E-state index in [9.17, 15) is 27.6 Å². The number of carbonyl (C=O) groups is 3. The van der Waals surface area contributed by atoms with Crippen LogP contribution in [0.4, 0.5) is 18.9 Å². The van der Waals surface area contributed by atoms with E-state index in [4.69, 9.17) is 9.47 Å². The van der Waals surface area contributed by atoms with Crippen molar-refractivity contribution in [1.29, 1.82) is 0 Å². The molecule has 1 aromatic carbocycles. The van der Waals surface area contributed by atoms with Crippen molar-refractivity contribution in [2.24, 2.45) is 0 Å². The zero-order chi connectivity index (χ0) is 22.5. The number of benzene rings is 1. The van der Waals surface area contributed by atoms with Gasteiger partial charge >= 0.3 is 18.3 Å². The van der Waals surface area contributed by atoms with Crippen molar-refractivity contribution in [3.63, 3.8) is 0 Å². The van der Waals surface area contributed by atoms with E-state index in [-0.39, 0.29) is 23.6 Å². The lowest BCUT2D eigenvalue weighted by Crippen LogP contribution is -2.21. The van der Waals surface area contributed by atoms with Gasteiger partial charge in [0.1, 0.15) is 11.4 Å². The van der Waals surface area contributed by atoms with E-state index >= 15 is 0 Å². The quantitative estimate of drug-likeness (QED) is 0.654. The molecule has 2 rings (SSSR count). The van der Waals surface area contributed by atoms with Crippen LogP contribution in [0.3, 0.4) is 0 Å². The largest absolute Gasteiger partial charge is 0.573 e. The van der Waals surface area contributed by atoms with E-state index in [1.807, 2.05) is 0 Å². The van der Waals surface area contributed by atoms with Crippen LogP contribution in [-0.2, 0) is 14.3 Å². The highest BCUT2D eigenvalue weighted by Gasteiger charge is 2.31. The predicted octanol–water partition coefficient (Wildman–Crippen LogP) is 3.50. The molecule has 11 heteroatoms. The number of nitrogens with one attached hydrogen (secondary N) is 2. The van der Waals surface area contributed by atoms with Gasteiger partial charge in [-0.05, 0) is 50.6 Å². The van der Waals surface area contributed by atoms with Crippen LogP contribution in [0.1, 0.15) is 39.0 Å². The molecule has 0 saturated carbocycles. The van der Waals surface area contributed by atoms with Crippen molar-refractivity contribution in [3.8, 4) is 5.75 Å². The fraction of sp³-hybridized carbons (Fsp3) is 0.316. The standard InChI is InChI=1S/C19H19F3N2O6/c1-4-28-17(26)15-10(2)16(23-11(15)3)18(27)29-9-14(25)24-12-5-7-13(8-6-12)30-19(20,21)22/h5-8,23H,4,9H2,1-3H3,(H,24,25). The number of ether oxygens (including phenoxy) is 3. The fourth-order valence-corrected chi connectivity index (χ4v) is 2.60. The first-order valence-electron chi connectivity index (χ1n) is 8.71. The average molecular weight is 428 g/mol. The van der Waals surface area contributed by atoms with Crippen LogP contribution >= 0.6 is 0 Å². The third-order valence-corrected chi connectivity index (χ3v) is 3.83. The van der Waals surface area contributed by atoms with Crippen LogP contribution in [-0.4, -0.2) is 42.4 Å². The molecule has 0 saturated heterocycles. The summed E-state index contributed by atoms with van der Waals surface area (Å²) in [7, 11) is 0. The molecule has 0 atom stereocenters. The highest BCUT2D eigenvalue weighted by atomic mass is 19.4. The summed E-state index contributed by atoms with van der Waals surface area (Å²) >= 11 is 0. The van der Waals surface area contributed by atoms with Gasteiger partial charge in [-0.15, -0.1) is 13.2 Å². The SMILES string of the molecule is CCOC(=O)c1c(C)[nH]c(C(=O)OCC(=O)Nc2ccc(OC(F)(F)F)cc2)c1C. The molecule has 162 valence electrons. The fourth-order valence-electron chi connectivity index (χ4n) is 2.60. The van der Waals surface area contributed by atoms with Crippen LogP contribution in [0.25, 0.3) is 0 Å². The van der Waals surface area contributed by atoms with E-state index in [0.29, 0.717) is 11.3 Å². The number of aromatic nitrogens is 1. The molecular weight excluding hydrogens is 409 g/mol. The van der Waals surface area contributed by atoms with Crippen molar-refractivity contribution in [2.45, 2.75) is 27.1 Å². The molecule has 0 aliphatic rings. The molecule has 0 radical (unpaired) electrons. The van der Waals surface area contributed by atoms with Gasteiger partial charge in [-0.2, -0.15) is 0 Å². The van der Waals surface area contributed by atoms with Crippen molar-refractivity contribution in [1.82, 2.24) is 4.98 Å². The Balaban J connectivity index is 1.94. The van der Waals surface area contributed by atoms with Crippen molar-refractivity contribution >= 4 is 23.5 Å². The molecule has 0 aliphatic heterocycles. The Morgan fingerprint density at radius 1 is 1.03 bits per heavy atom. The number of carbonyl (C=O) groups excluding carboxylic acids is 3. The second-order valence-electron chi connectivity index (χ2n) is 6.04. The molecule has 0 fully saturated rings. The minimum atomic E-state index is -4.82. The molecule has 2 N–H and O–H groups in total. The van der Waals surface area contributed by atoms with E-state index in [2.05, 4.69) is 15.0 Å². The number of alkyl halides is 3. The van der Waals surface area contributed by atoms with Gasteiger partial charge < -0.3 is 24.5 Å². The molecule has 1 aromatic heterocycles. The highest BCUT2D eigenvalue weighted by molar-refractivity contribution is 5.99. The topological polar surface area (TPSA) is 107 Å². The van der Waals surface area contributed by atoms with E-state index in [1.54, 1.807) is 13.8 Å². The predicted molar refractivity (Wildman–Crippen MR) is 98.3 cm³/mol. The zero-order valence-electron chi connectivity index (χ0n) is 16.3. The Morgan fingerprint density at radius 2 is 1.67 bits per heavy atom. The molecule has 0 aliphatic carbocycles. The van der Waals surface area contributed by atoms with Gasteiger partial charge in [-0.25, -0.2) is 9.59 Å². The first kappa shape index (κ1) is 22.8. The van der Waals surface area contributed by atoms with Gasteiger partial charge in [0, 0.05) is 11.4 Å². The summed E-state index contributed by atoms with van der Waals surface area (Å²) in [6.45, 7) is 4.31. The van der Waals surface area contributed by atoms with Gasteiger partial charge in [0.15, 0.2) is 6.61 Å². The lowest BCUT2D eigenvalue weighted by Gasteiger charge is -2.10. The number of esters is 2. The summed E-state index contributed by atoms with van der Waals surface area (Å²) in [6, 6.07) is 4.45. The van der Waals surface area contributed by atoms with Gasteiger partial charge in [-0.3, -0.25) is 4.79 Å². The average Bonchev–Trinajstić information content (AvgIpc) is 2.95. The van der Waals surface area contributed by atoms with E-state index in [1.165, 1.54) is 19.1 Å². The number of hydrogen-bond acceptors (Lipinski definition) is 6. The third-order valence-electron chi connectivity index (χ3n) is 3.83. The molecular formula is C19H19F3N2O6. The maximum absolute atomic E-state index is 12.2. The summed E-state index contributed by atoms with van der Waals surface area (Å²) in [4.78, 5) is 38.9. The number of amides is 1. The van der Waals surface area contributed by atoms with Crippen LogP contribution in [0.2, 0.25) is 0 Å². The summed E-state index contributed by atoms with van der Waals surface area (Å²) in [5.41, 5.74) is 1.16. The molecule has 1 heterocycles. The van der Waals surface area contributed by atoms with Crippen molar-refractivity contribution in [3.05, 3.63) is 46.8 Å². The van der Waals surface area contributed by atoms with Gasteiger partial charge in [0.2, 0.25) is 0 Å². The molecule has 0 unspecified atom stereocenters. The number of halogens is 3. The molecule has 8 nitrogen and oxygen atoms in total. The van der Waals surface area contributed by atoms with Crippen LogP contribution in [0.5, 0.6) is 5.75 Å². The van der Waals surface area contributed by atoms with Crippen molar-refractivity contribution in [2.75, 3.05) is 18.5 Å². The number of H-pyrrole nitrogens is 1. The van der Waals surface area contributed by atoms with Gasteiger partial charge in [0.05, 0.1) is 12.2 Å². The lowest BCUT2D eigenvalue weighted by molar-refractivity contribution is -0.274. The Hall–Kier alpha value is -3.50. The Morgan fingerprint density at radius 3 is 2.23 bits per heavy atom. The minimum absolute atomic E-state index is 0.0111. The molecule has 2 aromatic rings. The monoisotopic (exact) mass is 428 g/mol. The van der Waals surface area contributed by atoms with Crippen molar-refractivity contribution < 1.29 is 41.8 Å². The third kappa shape index (κ3) is 6.00. The number of rotatable bonds is 7. The Bertz CT molecular complexity index is 935. The maximum atomic E-state index is 12.2. The van der Waals surface area contributed by atoms with E-state index in [0.717, 1.165) is 12.1 Å². The highest BCUT2D eigenvalue weighted by Crippen LogP contribution is 2.24. The van der Waals surface area contributed by atoms with E-state index < -0.39 is 36.6 Å². The van der Waals surface area contributed by atoms with Crippen LogP contribution in [0.15, 0.2) is 24.3 Å². The number of aromatic amines is 1. The Labute approximate surface area is 169 Å². The normalized spacial score (nSPS) is 11.0. The number of aryl methyl sites for hydroxylation is 1. The second kappa shape index (κ2) is 9.33. The van der Waals surface area contributed by atoms with Gasteiger partial charge in [0.25, 0.3) is 5.91 Å². The molecule has 1 amide bonds. The number of anilines is 1. The molecule has 0 bridgehead atoms. The number of hydrogen-bond donors (Lipinski definition) is 2. The second-order valence-corrected chi connectivity index (χ2v) is 6.04. The first-order valence-corrected chi connectivity index (χ1v) is 8.71. The summed E-state index contributed by atoms with van der Waals surface area (Å²) in [6.07, 6.45) is -4.82. The smallest absolute Gasteiger partial charge is 0.462 e. The minimum Gasteiger partial charge on any atom is -0.462 e. The summed E-state index contributed by atoms with van der Waals surface area (Å²) in [5, 5.41) is 2.37. The molecule has 30 heavy (non-hydrogen) atoms. The molecule has 0 spiro atoms.